The van der Waals surface area contributed by atoms with Gasteiger partial charge in [-0.3, -0.25) is 0 Å². The van der Waals surface area contributed by atoms with E-state index in [1.807, 2.05) is 0 Å². The van der Waals surface area contributed by atoms with Crippen LogP contribution in [0, 0.1) is 16.7 Å². The van der Waals surface area contributed by atoms with Crippen molar-refractivity contribution < 1.29 is 0 Å². The van der Waals surface area contributed by atoms with Crippen LogP contribution in [0.4, 0.5) is 0 Å². The molecule has 0 spiro atoms. The summed E-state index contributed by atoms with van der Waals surface area (Å²) in [6.45, 7) is 0. The smallest absolute Gasteiger partial charge is 0.126 e. The van der Waals surface area contributed by atoms with Gasteiger partial charge >= 0.3 is 0 Å². The van der Waals surface area contributed by atoms with Crippen molar-refractivity contribution >= 4 is 92.8 Å². The first-order valence-electron chi connectivity index (χ1n) is 5.29. The van der Waals surface area contributed by atoms with Crippen molar-refractivity contribution in [1.82, 2.24) is 0 Å². The van der Waals surface area contributed by atoms with Crippen molar-refractivity contribution in [2.24, 2.45) is 16.7 Å². The Balaban J connectivity index is 2.68. The van der Waals surface area contributed by atoms with E-state index in [4.69, 9.17) is 92.8 Å². The van der Waals surface area contributed by atoms with Crippen molar-refractivity contribution in [2.45, 2.75) is 26.3 Å². The summed E-state index contributed by atoms with van der Waals surface area (Å²) in [6, 6.07) is 0. The summed E-state index contributed by atoms with van der Waals surface area (Å²) >= 11 is 50.4. The molecule has 0 radical (unpaired) electrons. The molecule has 0 aromatic heterocycles. The Hall–Kier alpha value is 2.32. The Morgan fingerprint density at radius 1 is 1.06 bits per heavy atom. The zero-order valence-electron chi connectivity index (χ0n) is 8.95. The topological polar surface area (TPSA) is 0 Å². The predicted octanol–water partition coefficient (Wildman–Crippen LogP) is 5.66. The first-order chi connectivity index (χ1) is 8.23. The van der Waals surface area contributed by atoms with Gasteiger partial charge < -0.3 is 0 Å². The van der Waals surface area contributed by atoms with Crippen molar-refractivity contribution in [3.63, 3.8) is 0 Å². The highest BCUT2D eigenvalue weighted by atomic mass is 35.5. The van der Waals surface area contributed by atoms with E-state index < -0.39 is 25.4 Å². The van der Waals surface area contributed by atoms with Crippen LogP contribution in [-0.2, 0) is 0 Å². The molecular weight excluding hydrogens is 404 g/mol. The van der Waals surface area contributed by atoms with Crippen LogP contribution in [-0.4, -0.2) is 31.7 Å². The summed E-state index contributed by atoms with van der Waals surface area (Å²) < 4.78 is -1.13. The zero-order valence-corrected chi connectivity index (χ0v) is 15.0. The maximum atomic E-state index is 6.45. The Bertz CT molecular complexity index is 345. The van der Waals surface area contributed by atoms with Crippen LogP contribution < -0.4 is 0 Å². The molecule has 0 aliphatic heterocycles. The lowest BCUT2D eigenvalue weighted by Gasteiger charge is -2.48. The van der Waals surface area contributed by atoms with Gasteiger partial charge in [0.05, 0.1) is 10.8 Å². The summed E-state index contributed by atoms with van der Waals surface area (Å²) in [7, 11) is 0. The molecule has 2 fully saturated rings. The number of halogens is 8. The van der Waals surface area contributed by atoms with E-state index in [9.17, 15) is 0 Å². The highest BCUT2D eigenvalue weighted by Gasteiger charge is 2.81. The molecule has 0 saturated heterocycles. The van der Waals surface area contributed by atoms with E-state index in [1.165, 1.54) is 0 Å². The lowest BCUT2D eigenvalue weighted by Crippen LogP contribution is -2.55. The van der Waals surface area contributed by atoms with E-state index in [0.29, 0.717) is 6.42 Å². The largest absolute Gasteiger partial charge is 0.127 e. The third kappa shape index (κ3) is 1.67. The predicted molar refractivity (Wildman–Crippen MR) is 83.6 cm³/mol. The van der Waals surface area contributed by atoms with E-state index in [1.54, 1.807) is 0 Å². The highest BCUT2D eigenvalue weighted by Crippen LogP contribution is 2.77. The monoisotopic (exact) mass is 410 g/mol. The van der Waals surface area contributed by atoms with Gasteiger partial charge in [0.1, 0.15) is 9.17 Å². The lowest BCUT2D eigenvalue weighted by atomic mass is 9.69. The van der Waals surface area contributed by atoms with E-state index in [-0.39, 0.29) is 23.1 Å². The summed E-state index contributed by atoms with van der Waals surface area (Å²) in [6.07, 6.45) is 0.433. The molecule has 2 rings (SSSR count). The minimum Gasteiger partial charge on any atom is -0.126 e. The molecule has 0 nitrogen and oxygen atoms in total. The first-order valence-corrected chi connectivity index (χ1v) is 8.86. The summed E-state index contributed by atoms with van der Waals surface area (Å²) in [5.41, 5.74) is -1.68. The number of fused-ring (bicyclic) bond motifs is 2. The van der Waals surface area contributed by atoms with Gasteiger partial charge in [-0.15, -0.1) is 92.8 Å². The molecule has 5 atom stereocenters. The molecular formula is C10H10Cl8. The van der Waals surface area contributed by atoms with Gasteiger partial charge in [-0.25, -0.2) is 0 Å². The molecule has 0 heterocycles. The molecule has 18 heavy (non-hydrogen) atoms. The fraction of sp³-hybridized carbons (Fsp3) is 1.00. The second kappa shape index (κ2) is 5.20. The number of alkyl halides is 8. The fourth-order valence-electron chi connectivity index (χ4n) is 3.57. The second-order valence-electron chi connectivity index (χ2n) is 4.94. The van der Waals surface area contributed by atoms with E-state index >= 15 is 0 Å². The van der Waals surface area contributed by atoms with E-state index in [2.05, 4.69) is 0 Å². The quantitative estimate of drug-likeness (QED) is 0.523. The van der Waals surface area contributed by atoms with Gasteiger partial charge in [0.25, 0.3) is 0 Å². The lowest BCUT2D eigenvalue weighted by molar-refractivity contribution is 0.149. The second-order valence-corrected chi connectivity index (χ2v) is 9.03. The average Bonchev–Trinajstić information content (AvgIpc) is 2.61. The number of hydrogen-bond acceptors (Lipinski definition) is 0. The first kappa shape index (κ1) is 16.7. The molecule has 0 aromatic rings. The maximum absolute atomic E-state index is 6.45. The molecule has 2 bridgehead atoms. The van der Waals surface area contributed by atoms with Crippen LogP contribution in [0.2, 0.25) is 0 Å². The molecule has 0 amide bonds. The molecule has 1 unspecified atom stereocenters. The van der Waals surface area contributed by atoms with Gasteiger partial charge in [0, 0.05) is 22.6 Å². The Morgan fingerprint density at radius 2 is 1.61 bits per heavy atom. The normalized spacial score (nSPS) is 50.2. The van der Waals surface area contributed by atoms with E-state index in [0.717, 1.165) is 0 Å². The van der Waals surface area contributed by atoms with Gasteiger partial charge in [0.15, 0.2) is 0 Å². The molecule has 2 aliphatic rings. The van der Waals surface area contributed by atoms with Crippen LogP contribution in [0.25, 0.3) is 0 Å². The molecule has 2 saturated carbocycles. The van der Waals surface area contributed by atoms with Crippen molar-refractivity contribution in [3.8, 4) is 0 Å². The van der Waals surface area contributed by atoms with Crippen LogP contribution in [0.15, 0.2) is 0 Å². The third-order valence-corrected chi connectivity index (χ3v) is 8.53. The molecule has 106 valence electrons. The molecule has 8 heteroatoms. The average molecular weight is 414 g/mol. The minimum atomic E-state index is -1.13. The minimum absolute atomic E-state index is 0.108. The third-order valence-electron chi connectivity index (χ3n) is 4.58. The molecule has 0 N–H and O–H groups in total. The fourth-order valence-corrected chi connectivity index (χ4v) is 8.38. The summed E-state index contributed by atoms with van der Waals surface area (Å²) in [5.74, 6) is 0.111. The Labute approximate surface area is 146 Å². The molecule has 0 aromatic carbocycles. The van der Waals surface area contributed by atoms with Crippen molar-refractivity contribution in [2.75, 3.05) is 11.8 Å². The summed E-state index contributed by atoms with van der Waals surface area (Å²) in [4.78, 5) is -0.789. The maximum Gasteiger partial charge on any atom is 0.127 e. The van der Waals surface area contributed by atoms with Crippen molar-refractivity contribution in [1.29, 1.82) is 0 Å². The van der Waals surface area contributed by atoms with Crippen LogP contribution in [0.1, 0.15) is 6.42 Å². The van der Waals surface area contributed by atoms with Crippen LogP contribution >= 0.6 is 92.8 Å². The number of hydrogen-bond donors (Lipinski definition) is 0. The number of rotatable bonds is 3. The standard InChI is InChI=1S/C10H10Cl8/c11-2-8(7(15)16)4-1-10(17,18)9(8,3-12)6(14)5(4)13/h4-7H,1-3H2/t4-,5+,6-,8?,9+/m0/s1. The molecule has 2 aliphatic carbocycles. The summed E-state index contributed by atoms with van der Waals surface area (Å²) in [5, 5.41) is -0.876. The van der Waals surface area contributed by atoms with Gasteiger partial charge in [0.2, 0.25) is 0 Å². The highest BCUT2D eigenvalue weighted by molar-refractivity contribution is 6.52. The van der Waals surface area contributed by atoms with Gasteiger partial charge in [-0.2, -0.15) is 0 Å². The van der Waals surface area contributed by atoms with Crippen molar-refractivity contribution in [3.05, 3.63) is 0 Å². The zero-order chi connectivity index (χ0) is 13.9. The van der Waals surface area contributed by atoms with Crippen LogP contribution in [0.3, 0.4) is 0 Å². The van der Waals surface area contributed by atoms with Gasteiger partial charge in [-0.05, 0) is 12.3 Å². The van der Waals surface area contributed by atoms with Crippen LogP contribution in [0.5, 0.6) is 0 Å². The Morgan fingerprint density at radius 3 is 1.94 bits per heavy atom. The van der Waals surface area contributed by atoms with Gasteiger partial charge in [-0.1, -0.05) is 0 Å². The Kier molecular flexibility index (Phi) is 4.82. The SMILES string of the molecule is ClCC1(C(Cl)Cl)[C@H]2CC(Cl)(Cl)[C@]1(CCl)[C@@H](Cl)[C@@H]2Cl.